The van der Waals surface area contributed by atoms with E-state index >= 15 is 0 Å². The first-order chi connectivity index (χ1) is 14.6. The second-order valence-electron chi connectivity index (χ2n) is 6.97. The van der Waals surface area contributed by atoms with Gasteiger partial charge in [-0.15, -0.1) is 11.3 Å². The zero-order chi connectivity index (χ0) is 21.2. The summed E-state index contributed by atoms with van der Waals surface area (Å²) in [5.74, 6) is 1.08. The molecule has 0 saturated carbocycles. The number of nitrogens with zero attached hydrogens (tertiary/aromatic N) is 2. The number of aromatic nitrogens is 2. The third-order valence-electron chi connectivity index (χ3n) is 4.63. The van der Waals surface area contributed by atoms with E-state index in [9.17, 15) is 9.59 Å². The van der Waals surface area contributed by atoms with Crippen LogP contribution in [0.15, 0.2) is 46.3 Å². The highest BCUT2D eigenvalue weighted by Gasteiger charge is 2.10. The van der Waals surface area contributed by atoms with Gasteiger partial charge in [0.15, 0.2) is 0 Å². The molecule has 2 heterocycles. The molecule has 0 unspecified atom stereocenters. The standard InChI is InChI=1S/C22H26N4O3S/c1-16-8-4-5-9-17(16)22(28)24-14-12-19(27)23-13-6-2-3-11-20-25-21(26-29-20)18-10-7-15-30-18/h4-5,7-10,15H,2-3,6,11-14H2,1H3,(H,23,27)(H,24,28). The van der Waals surface area contributed by atoms with E-state index in [1.165, 1.54) is 0 Å². The van der Waals surface area contributed by atoms with Crippen molar-refractivity contribution in [3.63, 3.8) is 0 Å². The predicted molar refractivity (Wildman–Crippen MR) is 116 cm³/mol. The Morgan fingerprint density at radius 3 is 2.70 bits per heavy atom. The lowest BCUT2D eigenvalue weighted by molar-refractivity contribution is -0.120. The van der Waals surface area contributed by atoms with E-state index in [-0.39, 0.29) is 18.2 Å². The Kier molecular flexibility index (Phi) is 8.14. The summed E-state index contributed by atoms with van der Waals surface area (Å²) in [5.41, 5.74) is 1.56. The summed E-state index contributed by atoms with van der Waals surface area (Å²) >= 11 is 1.59. The summed E-state index contributed by atoms with van der Waals surface area (Å²) in [6.07, 6.45) is 3.77. The van der Waals surface area contributed by atoms with Gasteiger partial charge in [0.25, 0.3) is 5.91 Å². The van der Waals surface area contributed by atoms with Crippen LogP contribution in [0.4, 0.5) is 0 Å². The van der Waals surface area contributed by atoms with Crippen LogP contribution in [0.3, 0.4) is 0 Å². The van der Waals surface area contributed by atoms with E-state index in [1.54, 1.807) is 17.4 Å². The van der Waals surface area contributed by atoms with Crippen molar-refractivity contribution in [3.8, 4) is 10.7 Å². The molecule has 1 aromatic carbocycles. The average molecular weight is 427 g/mol. The lowest BCUT2D eigenvalue weighted by Gasteiger charge is -2.08. The van der Waals surface area contributed by atoms with Crippen molar-refractivity contribution in [2.45, 2.75) is 39.0 Å². The van der Waals surface area contributed by atoms with Gasteiger partial charge in [0, 0.05) is 31.5 Å². The Morgan fingerprint density at radius 2 is 1.90 bits per heavy atom. The molecule has 0 radical (unpaired) electrons. The molecular weight excluding hydrogens is 400 g/mol. The van der Waals surface area contributed by atoms with Gasteiger partial charge >= 0.3 is 0 Å². The van der Waals surface area contributed by atoms with E-state index in [0.717, 1.165) is 36.1 Å². The molecule has 0 saturated heterocycles. The molecule has 8 heteroatoms. The van der Waals surface area contributed by atoms with Gasteiger partial charge in [-0.25, -0.2) is 0 Å². The van der Waals surface area contributed by atoms with Crippen molar-refractivity contribution < 1.29 is 14.1 Å². The van der Waals surface area contributed by atoms with E-state index in [2.05, 4.69) is 20.8 Å². The van der Waals surface area contributed by atoms with Crippen molar-refractivity contribution in [1.29, 1.82) is 0 Å². The Bertz CT molecular complexity index is 953. The first kappa shape index (κ1) is 21.7. The largest absolute Gasteiger partial charge is 0.356 e. The van der Waals surface area contributed by atoms with Crippen LogP contribution in [0.5, 0.6) is 0 Å². The molecular formula is C22H26N4O3S. The van der Waals surface area contributed by atoms with Gasteiger partial charge in [0.2, 0.25) is 17.6 Å². The van der Waals surface area contributed by atoms with E-state index in [4.69, 9.17) is 4.52 Å². The van der Waals surface area contributed by atoms with Gasteiger partial charge < -0.3 is 15.2 Å². The SMILES string of the molecule is Cc1ccccc1C(=O)NCCC(=O)NCCCCCc1nc(-c2cccs2)no1. The molecule has 0 aliphatic rings. The molecule has 2 aromatic heterocycles. The minimum atomic E-state index is -0.149. The molecule has 2 amide bonds. The summed E-state index contributed by atoms with van der Waals surface area (Å²) in [6, 6.07) is 11.3. The van der Waals surface area contributed by atoms with Crippen LogP contribution in [-0.4, -0.2) is 35.0 Å². The molecule has 0 aliphatic carbocycles. The smallest absolute Gasteiger partial charge is 0.251 e. The molecule has 3 aromatic rings. The van der Waals surface area contributed by atoms with Crippen LogP contribution < -0.4 is 10.6 Å². The molecule has 158 valence electrons. The Morgan fingerprint density at radius 1 is 1.03 bits per heavy atom. The molecule has 0 fully saturated rings. The minimum absolute atomic E-state index is 0.0578. The van der Waals surface area contributed by atoms with Crippen molar-refractivity contribution in [1.82, 2.24) is 20.8 Å². The summed E-state index contributed by atoms with van der Waals surface area (Å²) in [7, 11) is 0. The number of carbonyl (C=O) groups excluding carboxylic acids is 2. The quantitative estimate of drug-likeness (QED) is 0.455. The number of rotatable bonds is 11. The lowest BCUT2D eigenvalue weighted by Crippen LogP contribution is -2.31. The maximum absolute atomic E-state index is 12.1. The van der Waals surface area contributed by atoms with E-state index < -0.39 is 0 Å². The van der Waals surface area contributed by atoms with Crippen LogP contribution in [0.1, 0.15) is 47.5 Å². The maximum atomic E-state index is 12.1. The Hall–Kier alpha value is -3.00. The number of aryl methyl sites for hydroxylation is 2. The second-order valence-corrected chi connectivity index (χ2v) is 7.92. The molecule has 30 heavy (non-hydrogen) atoms. The molecule has 2 N–H and O–H groups in total. The number of unbranched alkanes of at least 4 members (excludes halogenated alkanes) is 2. The number of carbonyl (C=O) groups is 2. The van der Waals surface area contributed by atoms with Gasteiger partial charge in [-0.3, -0.25) is 9.59 Å². The van der Waals surface area contributed by atoms with Gasteiger partial charge in [-0.1, -0.05) is 35.8 Å². The molecule has 0 atom stereocenters. The minimum Gasteiger partial charge on any atom is -0.356 e. The highest BCUT2D eigenvalue weighted by molar-refractivity contribution is 7.13. The van der Waals surface area contributed by atoms with Gasteiger partial charge in [-0.05, 0) is 42.8 Å². The van der Waals surface area contributed by atoms with E-state index in [0.29, 0.717) is 30.4 Å². The fraction of sp³-hybridized carbons (Fsp3) is 0.364. The van der Waals surface area contributed by atoms with E-state index in [1.807, 2.05) is 42.6 Å². The first-order valence-corrected chi connectivity index (χ1v) is 11.0. The Balaban J connectivity index is 1.23. The van der Waals surface area contributed by atoms with Gasteiger partial charge in [-0.2, -0.15) is 4.98 Å². The highest BCUT2D eigenvalue weighted by atomic mass is 32.1. The fourth-order valence-electron chi connectivity index (χ4n) is 2.97. The van der Waals surface area contributed by atoms with Gasteiger partial charge in [0.05, 0.1) is 4.88 Å². The summed E-state index contributed by atoms with van der Waals surface area (Å²) < 4.78 is 5.28. The number of hydrogen-bond acceptors (Lipinski definition) is 6. The first-order valence-electron chi connectivity index (χ1n) is 10.1. The highest BCUT2D eigenvalue weighted by Crippen LogP contribution is 2.21. The molecule has 7 nitrogen and oxygen atoms in total. The van der Waals surface area contributed by atoms with Crippen molar-refractivity contribution >= 4 is 23.2 Å². The Labute approximate surface area is 179 Å². The van der Waals surface area contributed by atoms with Crippen molar-refractivity contribution in [2.24, 2.45) is 0 Å². The second kappa shape index (κ2) is 11.3. The molecule has 0 bridgehead atoms. The predicted octanol–water partition coefficient (Wildman–Crippen LogP) is 3.76. The zero-order valence-corrected chi connectivity index (χ0v) is 17.8. The summed E-state index contributed by atoms with van der Waals surface area (Å²) in [6.45, 7) is 2.83. The number of thiophene rings is 1. The molecule has 3 rings (SSSR count). The lowest BCUT2D eigenvalue weighted by atomic mass is 10.1. The molecule has 0 aliphatic heterocycles. The van der Waals surface area contributed by atoms with Crippen LogP contribution in [0.2, 0.25) is 0 Å². The number of amides is 2. The van der Waals surface area contributed by atoms with Crippen molar-refractivity contribution in [3.05, 3.63) is 58.8 Å². The number of nitrogens with one attached hydrogen (secondary N) is 2. The maximum Gasteiger partial charge on any atom is 0.251 e. The third-order valence-corrected chi connectivity index (χ3v) is 5.49. The average Bonchev–Trinajstić information content (AvgIpc) is 3.42. The van der Waals surface area contributed by atoms with Gasteiger partial charge in [0.1, 0.15) is 0 Å². The normalized spacial score (nSPS) is 10.7. The monoisotopic (exact) mass is 426 g/mol. The molecule has 0 spiro atoms. The summed E-state index contributed by atoms with van der Waals surface area (Å²) in [5, 5.41) is 11.7. The fourth-order valence-corrected chi connectivity index (χ4v) is 3.62. The number of benzene rings is 1. The van der Waals surface area contributed by atoms with Crippen LogP contribution in [0, 0.1) is 6.92 Å². The van der Waals surface area contributed by atoms with Crippen molar-refractivity contribution in [2.75, 3.05) is 13.1 Å². The number of hydrogen-bond donors (Lipinski definition) is 2. The topological polar surface area (TPSA) is 97.1 Å². The summed E-state index contributed by atoms with van der Waals surface area (Å²) in [4.78, 5) is 29.4. The van der Waals surface area contributed by atoms with Crippen LogP contribution in [-0.2, 0) is 11.2 Å². The third kappa shape index (κ3) is 6.52. The van der Waals surface area contributed by atoms with Crippen LogP contribution >= 0.6 is 11.3 Å². The van der Waals surface area contributed by atoms with Crippen LogP contribution in [0.25, 0.3) is 10.7 Å². The zero-order valence-electron chi connectivity index (χ0n) is 17.0.